The summed E-state index contributed by atoms with van der Waals surface area (Å²) < 4.78 is 17.7. The van der Waals surface area contributed by atoms with Crippen molar-refractivity contribution in [1.82, 2.24) is 14.8 Å². The summed E-state index contributed by atoms with van der Waals surface area (Å²) in [5.41, 5.74) is 1.42. The van der Waals surface area contributed by atoms with Gasteiger partial charge < -0.3 is 19.2 Å². The van der Waals surface area contributed by atoms with Crippen molar-refractivity contribution in [3.05, 3.63) is 42.7 Å². The second-order valence-electron chi connectivity index (χ2n) is 7.78. The molecule has 1 aromatic carbocycles. The lowest BCUT2D eigenvalue weighted by Gasteiger charge is -2.17. The van der Waals surface area contributed by atoms with Crippen molar-refractivity contribution in [2.75, 3.05) is 25.6 Å². The molecule has 0 saturated heterocycles. The Hall–Kier alpha value is -3.13. The molecule has 0 fully saturated rings. The van der Waals surface area contributed by atoms with E-state index < -0.39 is 0 Å². The van der Waals surface area contributed by atoms with Gasteiger partial charge in [-0.15, -0.1) is 5.10 Å². The van der Waals surface area contributed by atoms with Crippen LogP contribution in [0, 0.1) is 5.41 Å². The summed E-state index contributed by atoms with van der Waals surface area (Å²) in [4.78, 5) is 16.6. The molecule has 0 aliphatic rings. The molecule has 0 saturated carbocycles. The molecule has 0 bridgehead atoms. The number of anilines is 1. The highest BCUT2D eigenvalue weighted by atomic mass is 16.5. The summed E-state index contributed by atoms with van der Waals surface area (Å²) in [6, 6.07) is 11.2. The van der Waals surface area contributed by atoms with E-state index in [9.17, 15) is 4.79 Å². The maximum Gasteiger partial charge on any atom is 0.336 e. The van der Waals surface area contributed by atoms with Crippen molar-refractivity contribution in [3.63, 3.8) is 0 Å². The van der Waals surface area contributed by atoms with Crippen LogP contribution in [0.1, 0.15) is 27.2 Å². The van der Waals surface area contributed by atoms with Crippen molar-refractivity contribution < 1.29 is 18.7 Å². The maximum atomic E-state index is 12.1. The molecular formula is C21H26N4O4. The average Bonchev–Trinajstić information content (AvgIpc) is 3.30. The van der Waals surface area contributed by atoms with Gasteiger partial charge in [0.15, 0.2) is 5.76 Å². The van der Waals surface area contributed by atoms with Crippen molar-refractivity contribution in [2.45, 2.75) is 27.2 Å². The van der Waals surface area contributed by atoms with Gasteiger partial charge in [0.1, 0.15) is 6.61 Å². The Morgan fingerprint density at radius 3 is 2.55 bits per heavy atom. The minimum absolute atomic E-state index is 0.0175. The highest BCUT2D eigenvalue weighted by molar-refractivity contribution is 5.91. The highest BCUT2D eigenvalue weighted by Gasteiger charge is 2.18. The molecule has 1 N–H and O–H groups in total. The molecular weight excluding hydrogens is 372 g/mol. The minimum atomic E-state index is -0.0675. The van der Waals surface area contributed by atoms with Crippen LogP contribution in [0.3, 0.4) is 0 Å². The molecule has 0 aliphatic carbocycles. The minimum Gasteiger partial charge on any atom is -0.461 e. The summed E-state index contributed by atoms with van der Waals surface area (Å²) in [6.07, 6.45) is 2.02. The fourth-order valence-electron chi connectivity index (χ4n) is 2.69. The number of aromatic nitrogens is 3. The van der Waals surface area contributed by atoms with E-state index in [0.29, 0.717) is 31.2 Å². The van der Waals surface area contributed by atoms with Crippen molar-refractivity contribution in [2.24, 2.45) is 5.41 Å². The van der Waals surface area contributed by atoms with E-state index in [-0.39, 0.29) is 17.3 Å². The predicted molar refractivity (Wildman–Crippen MR) is 109 cm³/mol. The van der Waals surface area contributed by atoms with Crippen LogP contribution in [-0.4, -0.2) is 41.0 Å². The van der Waals surface area contributed by atoms with Crippen LogP contribution in [0.2, 0.25) is 0 Å². The first-order chi connectivity index (χ1) is 13.9. The van der Waals surface area contributed by atoms with E-state index in [1.54, 1.807) is 30.2 Å². The smallest absolute Gasteiger partial charge is 0.336 e. The number of rotatable bonds is 8. The number of carbonyl (C=O) groups is 1. The van der Waals surface area contributed by atoms with Gasteiger partial charge >= 0.3 is 6.01 Å². The van der Waals surface area contributed by atoms with Crippen LogP contribution >= 0.6 is 0 Å². The number of benzene rings is 1. The van der Waals surface area contributed by atoms with Gasteiger partial charge in [-0.05, 0) is 41.8 Å². The van der Waals surface area contributed by atoms with Crippen molar-refractivity contribution in [3.8, 4) is 23.3 Å². The Labute approximate surface area is 169 Å². The Bertz CT molecular complexity index is 925. The summed E-state index contributed by atoms with van der Waals surface area (Å²) in [5, 5.41) is 7.35. The zero-order valence-corrected chi connectivity index (χ0v) is 17.1. The van der Waals surface area contributed by atoms with E-state index in [1.807, 2.05) is 45.0 Å². The van der Waals surface area contributed by atoms with Gasteiger partial charge in [0.25, 0.3) is 0 Å². The first-order valence-electron chi connectivity index (χ1n) is 9.39. The van der Waals surface area contributed by atoms with E-state index in [4.69, 9.17) is 13.9 Å². The van der Waals surface area contributed by atoms with E-state index in [0.717, 1.165) is 11.4 Å². The lowest BCUT2D eigenvalue weighted by Crippen LogP contribution is -2.19. The second kappa shape index (κ2) is 8.91. The van der Waals surface area contributed by atoms with Gasteiger partial charge in [-0.25, -0.2) is 4.68 Å². The maximum absolute atomic E-state index is 12.1. The summed E-state index contributed by atoms with van der Waals surface area (Å²) >= 11 is 0. The number of hydrogen-bond donors (Lipinski definition) is 1. The summed E-state index contributed by atoms with van der Waals surface area (Å²) in [5.74, 6) is 1.07. The predicted octanol–water partition coefficient (Wildman–Crippen LogP) is 3.93. The number of amides is 1. The molecule has 8 nitrogen and oxygen atoms in total. The van der Waals surface area contributed by atoms with Gasteiger partial charge in [-0.1, -0.05) is 20.8 Å². The second-order valence-corrected chi connectivity index (χ2v) is 7.78. The van der Waals surface area contributed by atoms with Crippen LogP contribution in [0.5, 0.6) is 6.01 Å². The summed E-state index contributed by atoms with van der Waals surface area (Å²) in [7, 11) is 1.60. The molecule has 0 aliphatic heterocycles. The van der Waals surface area contributed by atoms with E-state index >= 15 is 0 Å². The van der Waals surface area contributed by atoms with E-state index in [2.05, 4.69) is 15.4 Å². The lowest BCUT2D eigenvalue weighted by molar-refractivity contribution is -0.117. The highest BCUT2D eigenvalue weighted by Crippen LogP contribution is 2.25. The van der Waals surface area contributed by atoms with Crippen LogP contribution in [-0.2, 0) is 9.53 Å². The molecule has 3 rings (SSSR count). The molecule has 2 heterocycles. The molecule has 29 heavy (non-hydrogen) atoms. The van der Waals surface area contributed by atoms with Crippen molar-refractivity contribution in [1.29, 1.82) is 0 Å². The number of methoxy groups -OCH3 is 1. The molecule has 8 heteroatoms. The third-order valence-corrected chi connectivity index (χ3v) is 3.93. The Morgan fingerprint density at radius 2 is 1.93 bits per heavy atom. The fraction of sp³-hybridized carbons (Fsp3) is 0.381. The van der Waals surface area contributed by atoms with E-state index in [1.165, 1.54) is 0 Å². The number of ether oxygens (including phenoxy) is 2. The average molecular weight is 398 g/mol. The molecule has 2 aromatic heterocycles. The van der Waals surface area contributed by atoms with Crippen LogP contribution in [0.15, 0.2) is 47.1 Å². The molecule has 0 spiro atoms. The zero-order chi connectivity index (χ0) is 20.9. The van der Waals surface area contributed by atoms with Gasteiger partial charge in [-0.3, -0.25) is 4.79 Å². The van der Waals surface area contributed by atoms with Gasteiger partial charge in [0.05, 0.1) is 18.6 Å². The number of nitrogens with zero attached hydrogens (tertiary/aromatic N) is 3. The first kappa shape index (κ1) is 20.6. The van der Waals surface area contributed by atoms with Crippen molar-refractivity contribution >= 4 is 11.6 Å². The number of hydrogen-bond acceptors (Lipinski definition) is 6. The Morgan fingerprint density at radius 1 is 1.17 bits per heavy atom. The molecule has 154 valence electrons. The fourth-order valence-corrected chi connectivity index (χ4v) is 2.69. The van der Waals surface area contributed by atoms with Gasteiger partial charge in [0, 0.05) is 19.2 Å². The topological polar surface area (TPSA) is 91.4 Å². The molecule has 0 radical (unpaired) electrons. The number of furan rings is 1. The zero-order valence-electron chi connectivity index (χ0n) is 17.1. The third-order valence-electron chi connectivity index (χ3n) is 3.93. The Kier molecular flexibility index (Phi) is 6.33. The van der Waals surface area contributed by atoms with Crippen LogP contribution in [0.25, 0.3) is 17.3 Å². The van der Waals surface area contributed by atoms with Crippen LogP contribution < -0.4 is 10.1 Å². The standard InChI is InChI=1S/C21H26N4O4/c1-21(2,3)14-18(26)22-15-7-9-16(10-8-15)25-19(17-6-5-11-28-17)23-20(24-25)29-13-12-27-4/h5-11H,12-14H2,1-4H3,(H,22,26). The molecule has 3 aromatic rings. The molecule has 1 amide bonds. The number of nitrogens with one attached hydrogen (secondary N) is 1. The Balaban J connectivity index is 1.81. The monoisotopic (exact) mass is 398 g/mol. The van der Waals surface area contributed by atoms with Crippen LogP contribution in [0.4, 0.5) is 5.69 Å². The normalized spacial score (nSPS) is 11.4. The first-order valence-corrected chi connectivity index (χ1v) is 9.39. The summed E-state index contributed by atoms with van der Waals surface area (Å²) in [6.45, 7) is 6.87. The third kappa shape index (κ3) is 5.68. The number of carbonyl (C=O) groups excluding carboxylic acids is 1. The quantitative estimate of drug-likeness (QED) is 0.578. The van der Waals surface area contributed by atoms with Gasteiger partial charge in [0.2, 0.25) is 11.7 Å². The molecule has 0 unspecified atom stereocenters. The SMILES string of the molecule is COCCOc1nc(-c2ccco2)n(-c2ccc(NC(=O)CC(C)(C)C)cc2)n1. The molecule has 0 atom stereocenters. The largest absolute Gasteiger partial charge is 0.461 e. The lowest BCUT2D eigenvalue weighted by atomic mass is 9.92. The van der Waals surface area contributed by atoms with Gasteiger partial charge in [-0.2, -0.15) is 4.98 Å².